The molecule has 0 atom stereocenters. The summed E-state index contributed by atoms with van der Waals surface area (Å²) in [4.78, 5) is 8.38. The molecular formula is C16H23N5. The second-order valence-corrected chi connectivity index (χ2v) is 5.31. The van der Waals surface area contributed by atoms with Gasteiger partial charge in [0.25, 0.3) is 0 Å². The van der Waals surface area contributed by atoms with E-state index in [9.17, 15) is 0 Å². The van der Waals surface area contributed by atoms with Gasteiger partial charge in [-0.3, -0.25) is 0 Å². The van der Waals surface area contributed by atoms with Crippen LogP contribution in [0.5, 0.6) is 0 Å². The zero-order valence-electron chi connectivity index (χ0n) is 12.9. The molecule has 0 aliphatic heterocycles. The number of nitrogens with two attached hydrogens (primary N) is 1. The van der Waals surface area contributed by atoms with Crippen LogP contribution >= 0.6 is 0 Å². The Morgan fingerprint density at radius 2 is 1.76 bits per heavy atom. The fraction of sp³-hybridized carbons (Fsp3) is 0.375. The van der Waals surface area contributed by atoms with Gasteiger partial charge in [-0.15, -0.1) is 0 Å². The van der Waals surface area contributed by atoms with Crippen LogP contribution < -0.4 is 16.4 Å². The standard InChI is InChI=1S/C16H23N5/c1-4-9-18-15-14(17)16(20-10-19-15)21-13-7-5-12(6-8-13)11(2)3/h5-8,10-11H,4,9,17H2,1-3H3,(H2,18,19,20,21). The predicted octanol–water partition coefficient (Wildman–Crippen LogP) is 3.75. The maximum Gasteiger partial charge on any atom is 0.159 e. The molecule has 0 bridgehead atoms. The molecular weight excluding hydrogens is 262 g/mol. The second kappa shape index (κ2) is 6.92. The molecule has 1 heterocycles. The molecule has 0 amide bonds. The van der Waals surface area contributed by atoms with Crippen molar-refractivity contribution in [2.24, 2.45) is 0 Å². The first-order valence-electron chi connectivity index (χ1n) is 7.33. The van der Waals surface area contributed by atoms with E-state index in [1.165, 1.54) is 11.9 Å². The van der Waals surface area contributed by atoms with Crippen molar-refractivity contribution in [2.75, 3.05) is 22.9 Å². The fourth-order valence-electron chi connectivity index (χ4n) is 1.97. The summed E-state index contributed by atoms with van der Waals surface area (Å²) in [6.07, 6.45) is 2.53. The summed E-state index contributed by atoms with van der Waals surface area (Å²) in [6.45, 7) is 7.29. The SMILES string of the molecule is CCCNc1ncnc(Nc2ccc(C(C)C)cc2)c1N. The van der Waals surface area contributed by atoms with E-state index < -0.39 is 0 Å². The van der Waals surface area contributed by atoms with Crippen molar-refractivity contribution >= 4 is 23.0 Å². The topological polar surface area (TPSA) is 75.9 Å². The predicted molar refractivity (Wildman–Crippen MR) is 89.0 cm³/mol. The quantitative estimate of drug-likeness (QED) is 0.753. The molecule has 1 aromatic carbocycles. The maximum absolute atomic E-state index is 6.10. The van der Waals surface area contributed by atoms with Crippen LogP contribution in [0.15, 0.2) is 30.6 Å². The summed E-state index contributed by atoms with van der Waals surface area (Å²) < 4.78 is 0. The van der Waals surface area contributed by atoms with Crippen LogP contribution in [0.2, 0.25) is 0 Å². The Bertz CT molecular complexity index is 578. The molecule has 1 aromatic heterocycles. The summed E-state index contributed by atoms with van der Waals surface area (Å²) in [5.41, 5.74) is 8.91. The highest BCUT2D eigenvalue weighted by Crippen LogP contribution is 2.26. The smallest absolute Gasteiger partial charge is 0.159 e. The monoisotopic (exact) mass is 285 g/mol. The number of benzene rings is 1. The Morgan fingerprint density at radius 1 is 1.10 bits per heavy atom. The highest BCUT2D eigenvalue weighted by Gasteiger charge is 2.08. The average Bonchev–Trinajstić information content (AvgIpc) is 2.49. The summed E-state index contributed by atoms with van der Waals surface area (Å²) in [7, 11) is 0. The molecule has 2 rings (SSSR count). The Kier molecular flexibility index (Phi) is 4.98. The minimum Gasteiger partial charge on any atom is -0.393 e. The third kappa shape index (κ3) is 3.84. The van der Waals surface area contributed by atoms with Gasteiger partial charge in [0.15, 0.2) is 11.6 Å². The Labute approximate surface area is 126 Å². The molecule has 0 saturated carbocycles. The molecule has 0 unspecified atom stereocenters. The second-order valence-electron chi connectivity index (χ2n) is 5.31. The van der Waals surface area contributed by atoms with E-state index in [0.717, 1.165) is 18.7 Å². The molecule has 0 aliphatic rings. The molecule has 112 valence electrons. The lowest BCUT2D eigenvalue weighted by molar-refractivity contribution is 0.867. The van der Waals surface area contributed by atoms with E-state index >= 15 is 0 Å². The van der Waals surface area contributed by atoms with Crippen molar-refractivity contribution < 1.29 is 0 Å². The molecule has 5 heteroatoms. The number of nitrogens with zero attached hydrogens (tertiary/aromatic N) is 2. The Balaban J connectivity index is 2.15. The van der Waals surface area contributed by atoms with Gasteiger partial charge in [-0.25, -0.2) is 9.97 Å². The maximum atomic E-state index is 6.10. The Morgan fingerprint density at radius 3 is 2.38 bits per heavy atom. The summed E-state index contributed by atoms with van der Waals surface area (Å²) >= 11 is 0. The van der Waals surface area contributed by atoms with Gasteiger partial charge in [0, 0.05) is 12.2 Å². The molecule has 0 spiro atoms. The van der Waals surface area contributed by atoms with E-state index in [2.05, 4.69) is 53.5 Å². The van der Waals surface area contributed by atoms with Crippen molar-refractivity contribution in [3.8, 4) is 0 Å². The van der Waals surface area contributed by atoms with E-state index in [-0.39, 0.29) is 0 Å². The number of aromatic nitrogens is 2. The van der Waals surface area contributed by atoms with Gasteiger partial charge in [-0.2, -0.15) is 0 Å². The molecule has 4 N–H and O–H groups in total. The van der Waals surface area contributed by atoms with Crippen LogP contribution in [-0.4, -0.2) is 16.5 Å². The van der Waals surface area contributed by atoms with Crippen molar-refractivity contribution in [3.63, 3.8) is 0 Å². The minimum atomic E-state index is 0.521. The van der Waals surface area contributed by atoms with Crippen molar-refractivity contribution in [1.82, 2.24) is 9.97 Å². The van der Waals surface area contributed by atoms with Crippen LogP contribution in [-0.2, 0) is 0 Å². The van der Waals surface area contributed by atoms with Crippen LogP contribution in [0.1, 0.15) is 38.7 Å². The minimum absolute atomic E-state index is 0.521. The van der Waals surface area contributed by atoms with Gasteiger partial charge in [0.05, 0.1) is 0 Å². The molecule has 0 radical (unpaired) electrons. The lowest BCUT2D eigenvalue weighted by Crippen LogP contribution is -2.08. The number of anilines is 4. The first-order chi connectivity index (χ1) is 10.1. The average molecular weight is 285 g/mol. The zero-order chi connectivity index (χ0) is 15.2. The first kappa shape index (κ1) is 15.1. The number of hydrogen-bond donors (Lipinski definition) is 3. The number of nitrogen functional groups attached to an aromatic ring is 1. The van der Waals surface area contributed by atoms with Gasteiger partial charge in [-0.05, 0) is 30.0 Å². The summed E-state index contributed by atoms with van der Waals surface area (Å²) in [6, 6.07) is 8.30. The first-order valence-corrected chi connectivity index (χ1v) is 7.33. The number of hydrogen-bond acceptors (Lipinski definition) is 5. The third-order valence-corrected chi connectivity index (χ3v) is 3.27. The van der Waals surface area contributed by atoms with Crippen LogP contribution in [0, 0.1) is 0 Å². The van der Waals surface area contributed by atoms with Gasteiger partial charge in [-0.1, -0.05) is 32.9 Å². The van der Waals surface area contributed by atoms with E-state index in [4.69, 9.17) is 5.73 Å². The van der Waals surface area contributed by atoms with Crippen molar-refractivity contribution in [3.05, 3.63) is 36.2 Å². The molecule has 21 heavy (non-hydrogen) atoms. The van der Waals surface area contributed by atoms with Crippen LogP contribution in [0.3, 0.4) is 0 Å². The molecule has 5 nitrogen and oxygen atoms in total. The van der Waals surface area contributed by atoms with Crippen molar-refractivity contribution in [2.45, 2.75) is 33.1 Å². The largest absolute Gasteiger partial charge is 0.393 e. The van der Waals surface area contributed by atoms with Crippen LogP contribution in [0.25, 0.3) is 0 Å². The molecule has 0 aliphatic carbocycles. The van der Waals surface area contributed by atoms with Gasteiger partial charge in [0.1, 0.15) is 12.0 Å². The zero-order valence-corrected chi connectivity index (χ0v) is 12.9. The highest BCUT2D eigenvalue weighted by molar-refractivity contribution is 5.77. The van der Waals surface area contributed by atoms with E-state index in [1.807, 2.05) is 12.1 Å². The fourth-order valence-corrected chi connectivity index (χ4v) is 1.97. The van der Waals surface area contributed by atoms with Gasteiger partial charge >= 0.3 is 0 Å². The third-order valence-electron chi connectivity index (χ3n) is 3.27. The summed E-state index contributed by atoms with van der Waals surface area (Å²) in [5, 5.41) is 6.44. The summed E-state index contributed by atoms with van der Waals surface area (Å²) in [5.74, 6) is 1.82. The lowest BCUT2D eigenvalue weighted by atomic mass is 10.0. The van der Waals surface area contributed by atoms with E-state index in [1.54, 1.807) is 0 Å². The van der Waals surface area contributed by atoms with Crippen molar-refractivity contribution in [1.29, 1.82) is 0 Å². The van der Waals surface area contributed by atoms with Gasteiger partial charge in [0.2, 0.25) is 0 Å². The number of rotatable bonds is 6. The normalized spacial score (nSPS) is 10.7. The van der Waals surface area contributed by atoms with Gasteiger partial charge < -0.3 is 16.4 Å². The molecule has 2 aromatic rings. The highest BCUT2D eigenvalue weighted by atomic mass is 15.1. The number of nitrogens with one attached hydrogen (secondary N) is 2. The lowest BCUT2D eigenvalue weighted by Gasteiger charge is -2.13. The Hall–Kier alpha value is -2.30. The van der Waals surface area contributed by atoms with Crippen LogP contribution in [0.4, 0.5) is 23.0 Å². The molecule has 0 fully saturated rings. The van der Waals surface area contributed by atoms with E-state index in [0.29, 0.717) is 23.2 Å². The molecule has 0 saturated heterocycles.